The Morgan fingerprint density at radius 3 is 1.90 bits per heavy atom. The summed E-state index contributed by atoms with van der Waals surface area (Å²) in [6.07, 6.45) is 8.03. The second-order valence-electron chi connectivity index (χ2n) is 7.08. The van der Waals surface area contributed by atoms with E-state index in [1.165, 1.54) is 5.69 Å². The lowest BCUT2D eigenvalue weighted by Gasteiger charge is -2.11. The molecular formula is C26H25NO3. The van der Waals surface area contributed by atoms with Crippen molar-refractivity contribution in [2.24, 2.45) is 0 Å². The van der Waals surface area contributed by atoms with Gasteiger partial charge in [-0.1, -0.05) is 60.7 Å². The SMILES string of the molecule is COc1cc(C=Cc2ccc(C(=O)O)cc2)ccc1C=Cc1ccc(N(C)C)cc1. The number of hydrogen-bond acceptors (Lipinski definition) is 3. The average molecular weight is 399 g/mol. The second kappa shape index (κ2) is 9.61. The number of rotatable bonds is 7. The summed E-state index contributed by atoms with van der Waals surface area (Å²) in [5.74, 6) is -0.132. The van der Waals surface area contributed by atoms with Gasteiger partial charge in [0.25, 0.3) is 0 Å². The van der Waals surface area contributed by atoms with E-state index in [1.807, 2.05) is 50.5 Å². The molecule has 0 fully saturated rings. The molecular weight excluding hydrogens is 374 g/mol. The maximum absolute atomic E-state index is 10.9. The van der Waals surface area contributed by atoms with Gasteiger partial charge >= 0.3 is 5.97 Å². The highest BCUT2D eigenvalue weighted by atomic mass is 16.5. The second-order valence-corrected chi connectivity index (χ2v) is 7.08. The highest BCUT2D eigenvalue weighted by Crippen LogP contribution is 2.24. The summed E-state index contributed by atoms with van der Waals surface area (Å²) in [6.45, 7) is 0. The van der Waals surface area contributed by atoms with Gasteiger partial charge in [0.2, 0.25) is 0 Å². The zero-order valence-electron chi connectivity index (χ0n) is 17.4. The number of aromatic carboxylic acids is 1. The van der Waals surface area contributed by atoms with Crippen LogP contribution in [0.25, 0.3) is 24.3 Å². The molecule has 0 saturated heterocycles. The molecule has 0 aliphatic heterocycles. The molecule has 0 amide bonds. The molecule has 30 heavy (non-hydrogen) atoms. The van der Waals surface area contributed by atoms with Crippen molar-refractivity contribution in [2.45, 2.75) is 0 Å². The van der Waals surface area contributed by atoms with Crippen LogP contribution in [0.2, 0.25) is 0 Å². The third kappa shape index (κ3) is 5.39. The van der Waals surface area contributed by atoms with Gasteiger partial charge in [0.05, 0.1) is 12.7 Å². The van der Waals surface area contributed by atoms with Crippen molar-refractivity contribution >= 4 is 36.0 Å². The van der Waals surface area contributed by atoms with Crippen LogP contribution in [0.1, 0.15) is 32.6 Å². The Morgan fingerprint density at radius 1 is 0.800 bits per heavy atom. The number of nitrogens with zero attached hydrogens (tertiary/aromatic N) is 1. The minimum atomic E-state index is -0.924. The van der Waals surface area contributed by atoms with Gasteiger partial charge < -0.3 is 14.7 Å². The Labute approximate surface area is 177 Å². The molecule has 0 saturated carbocycles. The predicted molar refractivity (Wildman–Crippen MR) is 125 cm³/mol. The van der Waals surface area contributed by atoms with Crippen molar-refractivity contribution in [2.75, 3.05) is 26.1 Å². The molecule has 0 spiro atoms. The first-order valence-electron chi connectivity index (χ1n) is 9.61. The van der Waals surface area contributed by atoms with Crippen LogP contribution >= 0.6 is 0 Å². The lowest BCUT2D eigenvalue weighted by atomic mass is 10.1. The molecule has 0 bridgehead atoms. The molecule has 152 valence electrons. The summed E-state index contributed by atoms with van der Waals surface area (Å²) in [7, 11) is 5.71. The van der Waals surface area contributed by atoms with Gasteiger partial charge in [0.1, 0.15) is 5.75 Å². The topological polar surface area (TPSA) is 49.8 Å². The fourth-order valence-corrected chi connectivity index (χ4v) is 2.97. The first kappa shape index (κ1) is 20.9. The lowest BCUT2D eigenvalue weighted by Crippen LogP contribution is -2.07. The third-order valence-corrected chi connectivity index (χ3v) is 4.75. The van der Waals surface area contributed by atoms with E-state index in [-0.39, 0.29) is 5.56 Å². The van der Waals surface area contributed by atoms with Gasteiger partial charge in [-0.2, -0.15) is 0 Å². The monoisotopic (exact) mass is 399 g/mol. The van der Waals surface area contributed by atoms with E-state index in [2.05, 4.69) is 35.2 Å². The van der Waals surface area contributed by atoms with Crippen LogP contribution in [0.3, 0.4) is 0 Å². The normalized spacial score (nSPS) is 11.2. The minimum absolute atomic E-state index is 0.279. The van der Waals surface area contributed by atoms with Gasteiger partial charge in [0, 0.05) is 25.3 Å². The molecule has 0 aliphatic rings. The molecule has 1 N–H and O–H groups in total. The summed E-state index contributed by atoms with van der Waals surface area (Å²) >= 11 is 0. The summed E-state index contributed by atoms with van der Waals surface area (Å²) in [6, 6.07) is 21.2. The number of carboxylic acids is 1. The van der Waals surface area contributed by atoms with Crippen LogP contribution in [-0.2, 0) is 0 Å². The lowest BCUT2D eigenvalue weighted by molar-refractivity contribution is 0.0697. The van der Waals surface area contributed by atoms with Crippen molar-refractivity contribution in [3.8, 4) is 5.75 Å². The van der Waals surface area contributed by atoms with Crippen molar-refractivity contribution in [1.29, 1.82) is 0 Å². The van der Waals surface area contributed by atoms with Gasteiger partial charge in [-0.25, -0.2) is 4.79 Å². The standard InChI is InChI=1S/C26H25NO3/c1-27(2)24-16-10-20(11-17-24)6-12-22-13-9-21(18-25(22)30-3)5-4-19-7-14-23(15-8-19)26(28)29/h4-18H,1-3H3,(H,28,29). The molecule has 4 nitrogen and oxygen atoms in total. The zero-order valence-corrected chi connectivity index (χ0v) is 17.4. The first-order chi connectivity index (χ1) is 14.5. The van der Waals surface area contributed by atoms with E-state index < -0.39 is 5.97 Å². The van der Waals surface area contributed by atoms with E-state index in [0.717, 1.165) is 28.0 Å². The van der Waals surface area contributed by atoms with Crippen LogP contribution in [0, 0.1) is 0 Å². The number of anilines is 1. The van der Waals surface area contributed by atoms with Crippen molar-refractivity contribution in [1.82, 2.24) is 0 Å². The maximum atomic E-state index is 10.9. The van der Waals surface area contributed by atoms with Gasteiger partial charge in [-0.3, -0.25) is 0 Å². The molecule has 3 aromatic rings. The number of carboxylic acid groups (broad SMARTS) is 1. The number of benzene rings is 3. The van der Waals surface area contributed by atoms with Crippen LogP contribution < -0.4 is 9.64 Å². The van der Waals surface area contributed by atoms with Crippen molar-refractivity contribution < 1.29 is 14.6 Å². The Bertz CT molecular complexity index is 1060. The molecule has 0 atom stereocenters. The number of ether oxygens (including phenoxy) is 1. The van der Waals surface area contributed by atoms with E-state index in [1.54, 1.807) is 31.4 Å². The third-order valence-electron chi connectivity index (χ3n) is 4.75. The van der Waals surface area contributed by atoms with Crippen molar-refractivity contribution in [3.63, 3.8) is 0 Å². The van der Waals surface area contributed by atoms with Crippen LogP contribution in [-0.4, -0.2) is 32.3 Å². The quantitative estimate of drug-likeness (QED) is 0.510. The molecule has 0 heterocycles. The maximum Gasteiger partial charge on any atom is 0.335 e. The first-order valence-corrected chi connectivity index (χ1v) is 9.61. The summed E-state index contributed by atoms with van der Waals surface area (Å²) in [5.41, 5.74) is 5.50. The van der Waals surface area contributed by atoms with Crippen LogP contribution in [0.5, 0.6) is 5.75 Å². The summed E-state index contributed by atoms with van der Waals surface area (Å²) in [4.78, 5) is 13.0. The van der Waals surface area contributed by atoms with E-state index in [4.69, 9.17) is 9.84 Å². The fraction of sp³-hybridized carbons (Fsp3) is 0.115. The zero-order chi connectivity index (χ0) is 21.5. The minimum Gasteiger partial charge on any atom is -0.496 e. The molecule has 3 aromatic carbocycles. The molecule has 0 unspecified atom stereocenters. The van der Waals surface area contributed by atoms with Gasteiger partial charge in [0.15, 0.2) is 0 Å². The summed E-state index contributed by atoms with van der Waals surface area (Å²) < 4.78 is 5.56. The predicted octanol–water partition coefficient (Wildman–Crippen LogP) is 5.80. The highest BCUT2D eigenvalue weighted by Gasteiger charge is 2.02. The van der Waals surface area contributed by atoms with Gasteiger partial charge in [-0.05, 0) is 47.0 Å². The largest absolute Gasteiger partial charge is 0.496 e. The van der Waals surface area contributed by atoms with E-state index in [9.17, 15) is 4.79 Å². The smallest absolute Gasteiger partial charge is 0.335 e. The number of hydrogen-bond donors (Lipinski definition) is 1. The Hall–Kier alpha value is -3.79. The number of carbonyl (C=O) groups is 1. The molecule has 0 aliphatic carbocycles. The van der Waals surface area contributed by atoms with Gasteiger partial charge in [-0.15, -0.1) is 0 Å². The van der Waals surface area contributed by atoms with Crippen LogP contribution in [0.15, 0.2) is 66.7 Å². The Morgan fingerprint density at radius 2 is 1.33 bits per heavy atom. The van der Waals surface area contributed by atoms with Crippen molar-refractivity contribution in [3.05, 3.63) is 94.5 Å². The fourth-order valence-electron chi connectivity index (χ4n) is 2.97. The molecule has 0 aromatic heterocycles. The molecule has 3 rings (SSSR count). The average Bonchev–Trinajstić information content (AvgIpc) is 2.77. The summed E-state index contributed by atoms with van der Waals surface area (Å²) in [5, 5.41) is 8.98. The highest BCUT2D eigenvalue weighted by molar-refractivity contribution is 5.88. The Balaban J connectivity index is 1.74. The van der Waals surface area contributed by atoms with Crippen LogP contribution in [0.4, 0.5) is 5.69 Å². The molecule has 0 radical (unpaired) electrons. The van der Waals surface area contributed by atoms with E-state index in [0.29, 0.717) is 0 Å². The number of methoxy groups -OCH3 is 1. The Kier molecular flexibility index (Phi) is 6.71. The van der Waals surface area contributed by atoms with E-state index >= 15 is 0 Å². The molecule has 4 heteroatoms.